The molecule has 0 spiro atoms. The number of nitrogens with one attached hydrogen (secondary N) is 1. The highest BCUT2D eigenvalue weighted by Gasteiger charge is 2.16. The summed E-state index contributed by atoms with van der Waals surface area (Å²) < 4.78 is 5.77. The molecule has 5 heteroatoms. The third-order valence-corrected chi connectivity index (χ3v) is 3.17. The summed E-state index contributed by atoms with van der Waals surface area (Å²) in [5.74, 6) is 6.80. The minimum atomic E-state index is -0.101. The summed E-state index contributed by atoms with van der Waals surface area (Å²) in [7, 11) is 0. The number of benzene rings is 1. The Morgan fingerprint density at radius 2 is 1.95 bits per heavy atom. The van der Waals surface area contributed by atoms with Crippen molar-refractivity contribution in [2.24, 2.45) is 5.84 Å². The molecule has 0 aliphatic rings. The van der Waals surface area contributed by atoms with Crippen molar-refractivity contribution < 1.29 is 4.74 Å². The Bertz CT molecular complexity index is 553. The molecule has 0 saturated heterocycles. The van der Waals surface area contributed by atoms with Gasteiger partial charge in [-0.15, -0.1) is 0 Å². The summed E-state index contributed by atoms with van der Waals surface area (Å²) in [5.41, 5.74) is 4.48. The lowest BCUT2D eigenvalue weighted by Gasteiger charge is -2.16. The van der Waals surface area contributed by atoms with Crippen LogP contribution in [0.25, 0.3) is 11.3 Å². The largest absolute Gasteiger partial charge is 0.371 e. The molecule has 2 aromatic rings. The molecule has 1 heterocycles. The molecule has 2 rings (SSSR count). The fraction of sp³-hybridized carbons (Fsp3) is 0.375. The number of hydrogen-bond acceptors (Lipinski definition) is 5. The number of rotatable bonds is 7. The summed E-state index contributed by atoms with van der Waals surface area (Å²) in [6.45, 7) is 4.73. The lowest BCUT2D eigenvalue weighted by Crippen LogP contribution is -2.14. The maximum Gasteiger partial charge on any atom is 0.160 e. The first kappa shape index (κ1) is 15.4. The number of nitrogen functional groups attached to an aromatic ring is 1. The maximum absolute atomic E-state index is 5.77. The van der Waals surface area contributed by atoms with Crippen molar-refractivity contribution in [3.05, 3.63) is 42.2 Å². The predicted molar refractivity (Wildman–Crippen MR) is 84.6 cm³/mol. The summed E-state index contributed by atoms with van der Waals surface area (Å²) in [5, 5.41) is 0. The molecule has 1 aromatic heterocycles. The number of hydrazine groups is 1. The van der Waals surface area contributed by atoms with Gasteiger partial charge in [0, 0.05) is 18.2 Å². The van der Waals surface area contributed by atoms with Gasteiger partial charge in [-0.25, -0.2) is 15.8 Å². The Hall–Kier alpha value is -1.98. The molecule has 0 fully saturated rings. The van der Waals surface area contributed by atoms with Crippen LogP contribution in [0, 0.1) is 0 Å². The van der Waals surface area contributed by atoms with Crippen LogP contribution in [-0.2, 0) is 4.74 Å². The molecule has 112 valence electrons. The third-order valence-electron chi connectivity index (χ3n) is 3.17. The quantitative estimate of drug-likeness (QED) is 0.603. The molecule has 21 heavy (non-hydrogen) atoms. The van der Waals surface area contributed by atoms with Gasteiger partial charge in [0.15, 0.2) is 5.82 Å². The zero-order valence-corrected chi connectivity index (χ0v) is 12.5. The standard InChI is InChI=1S/C16H22N4O/c1-3-8-14(21-4-2)16-18-13(11-15(19-16)20-17)12-9-6-5-7-10-12/h5-7,9-11,14H,3-4,8,17H2,1-2H3,(H,18,19,20). The number of hydrogen-bond donors (Lipinski definition) is 2. The highest BCUT2D eigenvalue weighted by Crippen LogP contribution is 2.25. The molecule has 0 bridgehead atoms. The molecular formula is C16H22N4O. The Kier molecular flexibility index (Phi) is 5.66. The van der Waals surface area contributed by atoms with Gasteiger partial charge in [-0.1, -0.05) is 43.7 Å². The van der Waals surface area contributed by atoms with Gasteiger partial charge in [0.2, 0.25) is 0 Å². The SMILES string of the molecule is CCCC(OCC)c1nc(NN)cc(-c2ccccc2)n1. The van der Waals surface area contributed by atoms with Gasteiger partial charge in [-0.3, -0.25) is 0 Å². The van der Waals surface area contributed by atoms with Gasteiger partial charge in [0.05, 0.1) is 5.69 Å². The Morgan fingerprint density at radius 3 is 2.57 bits per heavy atom. The number of nitrogens with two attached hydrogens (primary N) is 1. The molecule has 0 amide bonds. The Morgan fingerprint density at radius 1 is 1.19 bits per heavy atom. The van der Waals surface area contributed by atoms with E-state index < -0.39 is 0 Å². The molecule has 3 N–H and O–H groups in total. The van der Waals surface area contributed by atoms with Crippen LogP contribution in [0.15, 0.2) is 36.4 Å². The summed E-state index contributed by atoms with van der Waals surface area (Å²) >= 11 is 0. The van der Waals surface area contributed by atoms with Gasteiger partial charge in [0.25, 0.3) is 0 Å². The van der Waals surface area contributed by atoms with E-state index in [4.69, 9.17) is 10.6 Å². The van der Waals surface area contributed by atoms with Gasteiger partial charge < -0.3 is 10.2 Å². The first-order valence-electron chi connectivity index (χ1n) is 7.31. The number of nitrogens with zero attached hydrogens (tertiary/aromatic N) is 2. The third kappa shape index (κ3) is 4.00. The first-order valence-corrected chi connectivity index (χ1v) is 7.31. The van der Waals surface area contributed by atoms with Crippen LogP contribution >= 0.6 is 0 Å². The molecule has 1 unspecified atom stereocenters. The highest BCUT2D eigenvalue weighted by molar-refractivity contribution is 5.62. The van der Waals surface area contributed by atoms with Crippen LogP contribution < -0.4 is 11.3 Å². The van der Waals surface area contributed by atoms with Crippen molar-refractivity contribution in [3.8, 4) is 11.3 Å². The van der Waals surface area contributed by atoms with E-state index in [1.54, 1.807) is 0 Å². The van der Waals surface area contributed by atoms with Crippen LogP contribution in [0.2, 0.25) is 0 Å². The average Bonchev–Trinajstić information content (AvgIpc) is 2.55. The van der Waals surface area contributed by atoms with Crippen molar-refractivity contribution in [1.82, 2.24) is 9.97 Å². The zero-order valence-electron chi connectivity index (χ0n) is 12.5. The average molecular weight is 286 g/mol. The predicted octanol–water partition coefficient (Wildman–Crippen LogP) is 3.31. The van der Waals surface area contributed by atoms with E-state index >= 15 is 0 Å². The topological polar surface area (TPSA) is 73.1 Å². The normalized spacial score (nSPS) is 12.1. The summed E-state index contributed by atoms with van der Waals surface area (Å²) in [4.78, 5) is 9.10. The van der Waals surface area contributed by atoms with Crippen LogP contribution in [0.1, 0.15) is 38.6 Å². The second kappa shape index (κ2) is 7.71. The van der Waals surface area contributed by atoms with E-state index in [1.165, 1.54) is 0 Å². The summed E-state index contributed by atoms with van der Waals surface area (Å²) in [6.07, 6.45) is 1.79. The number of aromatic nitrogens is 2. The van der Waals surface area contributed by atoms with Gasteiger partial charge in [0.1, 0.15) is 11.9 Å². The van der Waals surface area contributed by atoms with E-state index in [0.29, 0.717) is 18.2 Å². The first-order chi connectivity index (χ1) is 10.3. The van der Waals surface area contributed by atoms with Gasteiger partial charge >= 0.3 is 0 Å². The van der Waals surface area contributed by atoms with Crippen LogP contribution in [0.4, 0.5) is 5.82 Å². The van der Waals surface area contributed by atoms with E-state index in [9.17, 15) is 0 Å². The maximum atomic E-state index is 5.77. The van der Waals surface area contributed by atoms with Crippen molar-refractivity contribution in [2.45, 2.75) is 32.8 Å². The van der Waals surface area contributed by atoms with Crippen molar-refractivity contribution in [1.29, 1.82) is 0 Å². The lowest BCUT2D eigenvalue weighted by atomic mass is 10.1. The molecule has 0 aliphatic carbocycles. The van der Waals surface area contributed by atoms with E-state index in [-0.39, 0.29) is 6.10 Å². The molecule has 1 aromatic carbocycles. The fourth-order valence-corrected chi connectivity index (χ4v) is 2.19. The second-order valence-corrected chi connectivity index (χ2v) is 4.74. The fourth-order valence-electron chi connectivity index (χ4n) is 2.19. The van der Waals surface area contributed by atoms with Gasteiger partial charge in [-0.05, 0) is 13.3 Å². The number of ether oxygens (including phenoxy) is 1. The van der Waals surface area contributed by atoms with E-state index in [1.807, 2.05) is 43.3 Å². The lowest BCUT2D eigenvalue weighted by molar-refractivity contribution is 0.0495. The van der Waals surface area contributed by atoms with E-state index in [0.717, 1.165) is 24.1 Å². The molecule has 0 radical (unpaired) electrons. The Balaban J connectivity index is 2.41. The molecule has 5 nitrogen and oxygen atoms in total. The number of anilines is 1. The zero-order chi connectivity index (χ0) is 15.1. The van der Waals surface area contributed by atoms with Crippen molar-refractivity contribution >= 4 is 5.82 Å². The minimum Gasteiger partial charge on any atom is -0.371 e. The van der Waals surface area contributed by atoms with Crippen LogP contribution in [0.5, 0.6) is 0 Å². The molecule has 0 aliphatic heterocycles. The smallest absolute Gasteiger partial charge is 0.160 e. The second-order valence-electron chi connectivity index (χ2n) is 4.74. The molecule has 1 atom stereocenters. The highest BCUT2D eigenvalue weighted by atomic mass is 16.5. The van der Waals surface area contributed by atoms with Gasteiger partial charge in [-0.2, -0.15) is 0 Å². The minimum absolute atomic E-state index is 0.101. The van der Waals surface area contributed by atoms with Crippen molar-refractivity contribution in [3.63, 3.8) is 0 Å². The molecular weight excluding hydrogens is 264 g/mol. The Labute approximate surface area is 125 Å². The van der Waals surface area contributed by atoms with Crippen LogP contribution in [0.3, 0.4) is 0 Å². The molecule has 0 saturated carbocycles. The monoisotopic (exact) mass is 286 g/mol. The van der Waals surface area contributed by atoms with E-state index in [2.05, 4.69) is 22.3 Å². The summed E-state index contributed by atoms with van der Waals surface area (Å²) in [6, 6.07) is 11.8. The van der Waals surface area contributed by atoms with Crippen LogP contribution in [-0.4, -0.2) is 16.6 Å². The van der Waals surface area contributed by atoms with Crippen molar-refractivity contribution in [2.75, 3.05) is 12.0 Å².